The maximum absolute atomic E-state index is 13.0. The van der Waals surface area contributed by atoms with Gasteiger partial charge in [0.15, 0.2) is 0 Å². The molecule has 0 spiro atoms. The average molecular weight is 384 g/mol. The molecule has 27 heavy (non-hydrogen) atoms. The monoisotopic (exact) mass is 384 g/mol. The van der Waals surface area contributed by atoms with Crippen LogP contribution in [0.1, 0.15) is 40.7 Å². The number of sulfonamides is 1. The number of hydrogen-bond acceptors (Lipinski definition) is 5. The number of aryl methyl sites for hydroxylation is 1. The van der Waals surface area contributed by atoms with Crippen LogP contribution in [0.25, 0.3) is 0 Å². The second-order valence-corrected chi connectivity index (χ2v) is 8.35. The van der Waals surface area contributed by atoms with E-state index < -0.39 is 16.0 Å². The zero-order chi connectivity index (χ0) is 19.4. The molecule has 6 nitrogen and oxygen atoms in total. The third kappa shape index (κ3) is 4.02. The number of benzene rings is 2. The molecular weight excluding hydrogens is 364 g/mol. The van der Waals surface area contributed by atoms with Crippen molar-refractivity contribution in [3.8, 4) is 11.8 Å². The van der Waals surface area contributed by atoms with E-state index in [1.807, 2.05) is 6.07 Å². The molecular formula is C20H20N2O4S. The number of nitrogens with zero attached hydrogens (tertiary/aromatic N) is 2. The van der Waals surface area contributed by atoms with E-state index >= 15 is 0 Å². The lowest BCUT2D eigenvalue weighted by molar-refractivity contribution is 0.0734. The third-order valence-electron chi connectivity index (χ3n) is 4.57. The van der Waals surface area contributed by atoms with Crippen molar-refractivity contribution in [1.29, 1.82) is 5.26 Å². The summed E-state index contributed by atoms with van der Waals surface area (Å²) in [5.74, 6) is -0.557. The maximum atomic E-state index is 13.0. The van der Waals surface area contributed by atoms with Gasteiger partial charge in [-0.3, -0.25) is 0 Å². The van der Waals surface area contributed by atoms with E-state index in [0.29, 0.717) is 18.7 Å². The topological polar surface area (TPSA) is 87.5 Å². The van der Waals surface area contributed by atoms with Gasteiger partial charge in [0, 0.05) is 13.1 Å². The molecule has 2 aromatic rings. The summed E-state index contributed by atoms with van der Waals surface area (Å²) in [6.07, 6.45) is 2.70. The first-order valence-corrected chi connectivity index (χ1v) is 10.2. The Morgan fingerprint density at radius 3 is 2.52 bits per heavy atom. The summed E-state index contributed by atoms with van der Waals surface area (Å²) in [6, 6.07) is 12.8. The van der Waals surface area contributed by atoms with E-state index in [2.05, 4.69) is 0 Å². The van der Waals surface area contributed by atoms with Crippen LogP contribution in [-0.4, -0.2) is 31.8 Å². The van der Waals surface area contributed by atoms with E-state index in [4.69, 9.17) is 10.00 Å². The van der Waals surface area contributed by atoms with Crippen LogP contribution in [0.4, 0.5) is 0 Å². The van der Waals surface area contributed by atoms with E-state index in [-0.39, 0.29) is 21.8 Å². The Labute approximate surface area is 159 Å². The number of hydrogen-bond donors (Lipinski definition) is 0. The first-order valence-electron chi connectivity index (χ1n) is 8.75. The highest BCUT2D eigenvalue weighted by molar-refractivity contribution is 7.89. The molecule has 140 valence electrons. The Bertz CT molecular complexity index is 1000. The Kier molecular flexibility index (Phi) is 5.59. The van der Waals surface area contributed by atoms with E-state index in [1.165, 1.54) is 22.5 Å². The summed E-state index contributed by atoms with van der Waals surface area (Å²) in [7, 11) is -3.66. The van der Waals surface area contributed by atoms with Crippen LogP contribution in [0.3, 0.4) is 0 Å². The fourth-order valence-corrected chi connectivity index (χ4v) is 4.82. The Balaban J connectivity index is 1.91. The van der Waals surface area contributed by atoms with Gasteiger partial charge < -0.3 is 4.74 Å². The number of esters is 1. The summed E-state index contributed by atoms with van der Waals surface area (Å²) in [5, 5.41) is 9.11. The van der Waals surface area contributed by atoms with E-state index in [1.54, 1.807) is 31.2 Å². The van der Waals surface area contributed by atoms with Gasteiger partial charge in [-0.25, -0.2) is 13.2 Å². The molecule has 1 heterocycles. The molecule has 0 bridgehead atoms. The second kappa shape index (κ2) is 7.91. The summed E-state index contributed by atoms with van der Waals surface area (Å²) in [4.78, 5) is 12.6. The lowest BCUT2D eigenvalue weighted by Crippen LogP contribution is -2.36. The minimum atomic E-state index is -3.66. The molecule has 0 N–H and O–H groups in total. The highest BCUT2D eigenvalue weighted by atomic mass is 32.2. The predicted molar refractivity (Wildman–Crippen MR) is 99.9 cm³/mol. The molecule has 0 saturated carbocycles. The van der Waals surface area contributed by atoms with Crippen molar-refractivity contribution >= 4 is 16.0 Å². The molecule has 1 fully saturated rings. The van der Waals surface area contributed by atoms with Gasteiger partial charge in [-0.15, -0.1) is 0 Å². The first-order chi connectivity index (χ1) is 12.9. The lowest BCUT2D eigenvalue weighted by Gasteiger charge is -2.26. The van der Waals surface area contributed by atoms with Crippen LogP contribution in [0.15, 0.2) is 47.4 Å². The predicted octanol–water partition coefficient (Wildman–Crippen LogP) is 3.26. The summed E-state index contributed by atoms with van der Waals surface area (Å²) in [5.41, 5.74) is 0.942. The Hall–Kier alpha value is -2.69. The number of para-hydroxylation sites is 1. The number of piperidine rings is 1. The molecule has 0 aromatic heterocycles. The fourth-order valence-electron chi connectivity index (χ4n) is 3.06. The van der Waals surface area contributed by atoms with E-state index in [9.17, 15) is 13.2 Å². The molecule has 3 rings (SSSR count). The van der Waals surface area contributed by atoms with Crippen LogP contribution in [0, 0.1) is 18.3 Å². The van der Waals surface area contributed by atoms with Crippen molar-refractivity contribution in [2.45, 2.75) is 31.1 Å². The third-order valence-corrected chi connectivity index (χ3v) is 6.61. The molecule has 1 saturated heterocycles. The minimum Gasteiger partial charge on any atom is -0.422 e. The average Bonchev–Trinajstić information content (AvgIpc) is 2.69. The van der Waals surface area contributed by atoms with Gasteiger partial charge in [-0.2, -0.15) is 9.57 Å². The van der Waals surface area contributed by atoms with Gasteiger partial charge in [0.25, 0.3) is 0 Å². The highest BCUT2D eigenvalue weighted by Crippen LogP contribution is 2.25. The van der Waals surface area contributed by atoms with Crippen LogP contribution in [-0.2, 0) is 10.0 Å². The molecule has 0 aliphatic carbocycles. The molecule has 1 aliphatic heterocycles. The van der Waals surface area contributed by atoms with E-state index in [0.717, 1.165) is 19.3 Å². The van der Waals surface area contributed by atoms with Gasteiger partial charge in [-0.05, 0) is 49.6 Å². The molecule has 0 radical (unpaired) electrons. The largest absolute Gasteiger partial charge is 0.422 e. The van der Waals surface area contributed by atoms with Gasteiger partial charge in [0.1, 0.15) is 11.8 Å². The highest BCUT2D eigenvalue weighted by Gasteiger charge is 2.28. The van der Waals surface area contributed by atoms with Gasteiger partial charge in [0.05, 0.1) is 16.0 Å². The number of carbonyl (C=O) groups is 1. The summed E-state index contributed by atoms with van der Waals surface area (Å²) < 4.78 is 32.7. The Morgan fingerprint density at radius 2 is 1.81 bits per heavy atom. The fraction of sp³-hybridized carbons (Fsp3) is 0.300. The van der Waals surface area contributed by atoms with Gasteiger partial charge >= 0.3 is 5.97 Å². The number of ether oxygens (including phenoxy) is 1. The van der Waals surface area contributed by atoms with Crippen molar-refractivity contribution in [3.05, 3.63) is 59.2 Å². The minimum absolute atomic E-state index is 0.118. The van der Waals surface area contributed by atoms with Crippen molar-refractivity contribution in [2.75, 3.05) is 13.1 Å². The summed E-state index contributed by atoms with van der Waals surface area (Å²) in [6.45, 7) is 2.69. The molecule has 0 atom stereocenters. The maximum Gasteiger partial charge on any atom is 0.343 e. The molecule has 2 aromatic carbocycles. The molecule has 0 unspecified atom stereocenters. The van der Waals surface area contributed by atoms with Crippen molar-refractivity contribution in [3.63, 3.8) is 0 Å². The number of carbonyl (C=O) groups excluding carboxylic acids is 1. The molecule has 7 heteroatoms. The second-order valence-electron chi connectivity index (χ2n) is 6.44. The zero-order valence-electron chi connectivity index (χ0n) is 15.0. The van der Waals surface area contributed by atoms with Crippen LogP contribution in [0.5, 0.6) is 5.75 Å². The summed E-state index contributed by atoms with van der Waals surface area (Å²) >= 11 is 0. The van der Waals surface area contributed by atoms with Gasteiger partial charge in [0.2, 0.25) is 10.0 Å². The Morgan fingerprint density at radius 1 is 1.11 bits per heavy atom. The van der Waals surface area contributed by atoms with Crippen LogP contribution in [0.2, 0.25) is 0 Å². The van der Waals surface area contributed by atoms with Gasteiger partial charge in [-0.1, -0.05) is 24.6 Å². The number of nitriles is 1. The standard InChI is InChI=1S/C20H20N2O4S/c1-15-9-10-16(20(23)26-18-8-4-3-7-17(18)14-21)13-19(15)27(24,25)22-11-5-2-6-12-22/h3-4,7-10,13H,2,5-6,11-12H2,1H3. The van der Waals surface area contributed by atoms with Crippen LogP contribution < -0.4 is 4.74 Å². The molecule has 1 aliphatic rings. The normalized spacial score (nSPS) is 15.1. The zero-order valence-corrected chi connectivity index (χ0v) is 15.8. The van der Waals surface area contributed by atoms with Crippen molar-refractivity contribution in [2.24, 2.45) is 0 Å². The first kappa shape index (κ1) is 19.1. The number of rotatable bonds is 4. The SMILES string of the molecule is Cc1ccc(C(=O)Oc2ccccc2C#N)cc1S(=O)(=O)N1CCCCC1. The van der Waals surface area contributed by atoms with Crippen molar-refractivity contribution in [1.82, 2.24) is 4.31 Å². The lowest BCUT2D eigenvalue weighted by atomic mass is 10.1. The smallest absolute Gasteiger partial charge is 0.343 e. The van der Waals surface area contributed by atoms with Crippen LogP contribution >= 0.6 is 0 Å². The molecule has 0 amide bonds. The van der Waals surface area contributed by atoms with Crippen molar-refractivity contribution < 1.29 is 17.9 Å². The quantitative estimate of drug-likeness (QED) is 0.596.